The summed E-state index contributed by atoms with van der Waals surface area (Å²) in [6.45, 7) is 8.08. The highest BCUT2D eigenvalue weighted by Gasteiger charge is 2.34. The molecule has 5 heteroatoms. The molecule has 5 nitrogen and oxygen atoms in total. The molecule has 0 radical (unpaired) electrons. The molecule has 1 unspecified atom stereocenters. The molecule has 2 saturated heterocycles. The number of aromatic nitrogens is 2. The number of carbonyl (C=O) groups excluding carboxylic acids is 1. The van der Waals surface area contributed by atoms with E-state index >= 15 is 0 Å². The molecule has 0 N–H and O–H groups in total. The van der Waals surface area contributed by atoms with Crippen LogP contribution >= 0.6 is 0 Å². The van der Waals surface area contributed by atoms with Crippen molar-refractivity contribution >= 4 is 16.9 Å². The normalized spacial score (nSPS) is 22.3. The molecule has 5 rings (SSSR count). The molecule has 2 aromatic carbocycles. The van der Waals surface area contributed by atoms with E-state index in [0.29, 0.717) is 12.1 Å². The van der Waals surface area contributed by atoms with Crippen LogP contribution in [0.5, 0.6) is 0 Å². The number of hydrogen-bond donors (Lipinski definition) is 0. The fourth-order valence-electron chi connectivity index (χ4n) is 5.13. The van der Waals surface area contributed by atoms with Gasteiger partial charge in [0.2, 0.25) is 0 Å². The van der Waals surface area contributed by atoms with Gasteiger partial charge in [0, 0.05) is 37.3 Å². The van der Waals surface area contributed by atoms with Gasteiger partial charge in [-0.1, -0.05) is 18.2 Å². The Labute approximate surface area is 178 Å². The summed E-state index contributed by atoms with van der Waals surface area (Å²) in [4.78, 5) is 22.2. The van der Waals surface area contributed by atoms with Crippen LogP contribution in [0.4, 0.5) is 0 Å². The Balaban J connectivity index is 1.25. The summed E-state index contributed by atoms with van der Waals surface area (Å²) in [6.07, 6.45) is 5.57. The van der Waals surface area contributed by atoms with Crippen LogP contribution in [0.3, 0.4) is 0 Å². The number of rotatable bonds is 4. The van der Waals surface area contributed by atoms with Gasteiger partial charge in [-0.2, -0.15) is 0 Å². The molecular formula is C25H30N4O. The van der Waals surface area contributed by atoms with Crippen molar-refractivity contribution in [1.82, 2.24) is 19.4 Å². The van der Waals surface area contributed by atoms with Gasteiger partial charge in [-0.15, -0.1) is 0 Å². The minimum absolute atomic E-state index is 0.166. The number of amides is 1. The molecule has 1 amide bonds. The molecule has 0 spiro atoms. The number of hydrogen-bond acceptors (Lipinski definition) is 3. The van der Waals surface area contributed by atoms with E-state index < -0.39 is 0 Å². The summed E-state index contributed by atoms with van der Waals surface area (Å²) >= 11 is 0. The third kappa shape index (κ3) is 3.63. The monoisotopic (exact) mass is 402 g/mol. The van der Waals surface area contributed by atoms with Crippen molar-refractivity contribution < 1.29 is 4.79 Å². The summed E-state index contributed by atoms with van der Waals surface area (Å²) < 4.78 is 2.16. The smallest absolute Gasteiger partial charge is 0.253 e. The van der Waals surface area contributed by atoms with Gasteiger partial charge in [0.25, 0.3) is 5.91 Å². The highest BCUT2D eigenvalue weighted by Crippen LogP contribution is 2.26. The van der Waals surface area contributed by atoms with Gasteiger partial charge in [0.05, 0.1) is 17.4 Å². The number of imidazole rings is 1. The fraction of sp³-hybridized carbons (Fsp3) is 0.440. The quantitative estimate of drug-likeness (QED) is 0.660. The molecule has 0 aliphatic carbocycles. The Kier molecular flexibility index (Phi) is 5.07. The van der Waals surface area contributed by atoms with Crippen LogP contribution in [0.1, 0.15) is 47.7 Å². The molecule has 3 aromatic rings. The molecule has 3 heterocycles. The number of likely N-dealkylation sites (tertiary alicyclic amines) is 2. The molecule has 0 bridgehead atoms. The molecule has 0 saturated carbocycles. The van der Waals surface area contributed by atoms with Gasteiger partial charge in [0.1, 0.15) is 0 Å². The van der Waals surface area contributed by atoms with E-state index in [9.17, 15) is 4.79 Å². The first-order chi connectivity index (χ1) is 14.6. The molecule has 2 aliphatic rings. The summed E-state index contributed by atoms with van der Waals surface area (Å²) in [6, 6.07) is 15.7. The van der Waals surface area contributed by atoms with Crippen LogP contribution in [-0.2, 0) is 6.54 Å². The molecule has 2 atom stereocenters. The number of fused-ring (bicyclic) bond motifs is 1. The largest absolute Gasteiger partial charge is 0.337 e. The maximum absolute atomic E-state index is 13.0. The highest BCUT2D eigenvalue weighted by molar-refractivity contribution is 5.94. The van der Waals surface area contributed by atoms with Crippen molar-refractivity contribution in [2.24, 2.45) is 0 Å². The highest BCUT2D eigenvalue weighted by atomic mass is 16.2. The molecular weight excluding hydrogens is 372 g/mol. The Hall–Kier alpha value is -2.66. The lowest BCUT2D eigenvalue weighted by molar-refractivity contribution is 0.0774. The molecule has 1 aromatic heterocycles. The van der Waals surface area contributed by atoms with E-state index in [0.717, 1.165) is 42.7 Å². The maximum Gasteiger partial charge on any atom is 0.253 e. The second-order valence-corrected chi connectivity index (χ2v) is 8.98. The maximum atomic E-state index is 13.0. The third-order valence-electron chi connectivity index (χ3n) is 6.85. The predicted octanol–water partition coefficient (Wildman–Crippen LogP) is 4.09. The first-order valence-electron chi connectivity index (χ1n) is 11.1. The number of carbonyl (C=O) groups is 1. The minimum atomic E-state index is 0.166. The van der Waals surface area contributed by atoms with Crippen LogP contribution in [0.25, 0.3) is 11.0 Å². The zero-order valence-electron chi connectivity index (χ0n) is 17.9. The Morgan fingerprint density at radius 2 is 1.93 bits per heavy atom. The summed E-state index contributed by atoms with van der Waals surface area (Å²) in [7, 11) is 0. The standard InChI is InChI=1S/C25H30N4O/c1-18-5-10-24-23(14-18)26-17-28(24)15-20-6-8-21(9-7-20)25(30)27-13-11-22(16-27)29-12-3-4-19(29)2/h5-10,14,17,19,22H,3-4,11-13,15-16H2,1-2H3/t19-,22?/m1/s1. The number of nitrogens with zero attached hydrogens (tertiary/aromatic N) is 4. The lowest BCUT2D eigenvalue weighted by atomic mass is 10.1. The summed E-state index contributed by atoms with van der Waals surface area (Å²) in [5.74, 6) is 0.166. The minimum Gasteiger partial charge on any atom is -0.337 e. The zero-order chi connectivity index (χ0) is 20.7. The average Bonchev–Trinajstić information content (AvgIpc) is 3.48. The number of aryl methyl sites for hydroxylation is 1. The molecule has 156 valence electrons. The lowest BCUT2D eigenvalue weighted by Gasteiger charge is -2.28. The average molecular weight is 403 g/mol. The SMILES string of the molecule is Cc1ccc2c(c1)ncn2Cc1ccc(C(=O)N2CCC(N3CCC[C@H]3C)C2)cc1. The lowest BCUT2D eigenvalue weighted by Crippen LogP contribution is -2.40. The van der Waals surface area contributed by atoms with Crippen LogP contribution in [0.2, 0.25) is 0 Å². The molecule has 30 heavy (non-hydrogen) atoms. The Bertz CT molecular complexity index is 1050. The van der Waals surface area contributed by atoms with Crippen molar-refractivity contribution in [2.75, 3.05) is 19.6 Å². The van der Waals surface area contributed by atoms with Crippen LogP contribution in [-0.4, -0.2) is 57.0 Å². The van der Waals surface area contributed by atoms with Gasteiger partial charge < -0.3 is 9.47 Å². The van der Waals surface area contributed by atoms with Crippen LogP contribution in [0, 0.1) is 6.92 Å². The van der Waals surface area contributed by atoms with E-state index in [1.165, 1.54) is 30.5 Å². The van der Waals surface area contributed by atoms with Gasteiger partial charge in [-0.3, -0.25) is 9.69 Å². The van der Waals surface area contributed by atoms with Crippen molar-refractivity contribution in [3.8, 4) is 0 Å². The zero-order valence-corrected chi connectivity index (χ0v) is 17.9. The van der Waals surface area contributed by atoms with Crippen molar-refractivity contribution in [1.29, 1.82) is 0 Å². The first kappa shape index (κ1) is 19.3. The van der Waals surface area contributed by atoms with Crippen molar-refractivity contribution in [3.05, 3.63) is 65.5 Å². The van der Waals surface area contributed by atoms with E-state index in [1.54, 1.807) is 0 Å². The van der Waals surface area contributed by atoms with Crippen LogP contribution in [0.15, 0.2) is 48.8 Å². The predicted molar refractivity (Wildman–Crippen MR) is 120 cm³/mol. The summed E-state index contributed by atoms with van der Waals surface area (Å²) in [5.41, 5.74) is 5.35. The first-order valence-corrected chi connectivity index (χ1v) is 11.1. The van der Waals surface area contributed by atoms with E-state index in [2.05, 4.69) is 58.6 Å². The van der Waals surface area contributed by atoms with Crippen molar-refractivity contribution in [3.63, 3.8) is 0 Å². The van der Waals surface area contributed by atoms with Crippen molar-refractivity contribution in [2.45, 2.75) is 51.7 Å². The summed E-state index contributed by atoms with van der Waals surface area (Å²) in [5, 5.41) is 0. The van der Waals surface area contributed by atoms with Gasteiger partial charge in [-0.25, -0.2) is 4.98 Å². The van der Waals surface area contributed by atoms with Gasteiger partial charge in [0.15, 0.2) is 0 Å². The van der Waals surface area contributed by atoms with Gasteiger partial charge in [-0.05, 0) is 75.0 Å². The Morgan fingerprint density at radius 3 is 2.70 bits per heavy atom. The van der Waals surface area contributed by atoms with Crippen LogP contribution < -0.4 is 0 Å². The van der Waals surface area contributed by atoms with E-state index in [1.807, 2.05) is 23.4 Å². The fourth-order valence-corrected chi connectivity index (χ4v) is 5.13. The second-order valence-electron chi connectivity index (χ2n) is 8.98. The number of benzene rings is 2. The molecule has 2 fully saturated rings. The van der Waals surface area contributed by atoms with Gasteiger partial charge >= 0.3 is 0 Å². The molecule has 2 aliphatic heterocycles. The van der Waals surface area contributed by atoms with E-state index in [4.69, 9.17) is 0 Å². The van der Waals surface area contributed by atoms with E-state index in [-0.39, 0.29) is 5.91 Å². The Morgan fingerprint density at radius 1 is 1.10 bits per heavy atom. The topological polar surface area (TPSA) is 41.4 Å². The second kappa shape index (κ2) is 7.88. The third-order valence-corrected chi connectivity index (χ3v) is 6.85.